The lowest BCUT2D eigenvalue weighted by molar-refractivity contribution is -0.168. The molecule has 0 bridgehead atoms. The van der Waals surface area contributed by atoms with Crippen molar-refractivity contribution in [3.8, 4) is 0 Å². The summed E-state index contributed by atoms with van der Waals surface area (Å²) < 4.78 is 74.5. The summed E-state index contributed by atoms with van der Waals surface area (Å²) in [5.41, 5.74) is -4.84. The predicted molar refractivity (Wildman–Crippen MR) is 49.8 cm³/mol. The van der Waals surface area contributed by atoms with Crippen molar-refractivity contribution < 1.29 is 41.0 Å². The number of carbonyl (C=O) groups is 2. The van der Waals surface area contributed by atoms with Crippen molar-refractivity contribution >= 4 is 11.9 Å². The topological polar surface area (TPSA) is 105 Å². The fourth-order valence-corrected chi connectivity index (χ4v) is 1.05. The summed E-state index contributed by atoms with van der Waals surface area (Å²) >= 11 is 0. The Labute approximate surface area is 111 Å². The van der Waals surface area contributed by atoms with Gasteiger partial charge in [0, 0.05) is 0 Å². The average Bonchev–Trinajstić information content (AvgIpc) is 2.33. The first kappa shape index (κ1) is 16.6. The highest BCUT2D eigenvalue weighted by molar-refractivity contribution is 5.92. The van der Waals surface area contributed by atoms with Gasteiger partial charge in [0.25, 0.3) is 5.91 Å². The minimum Gasteiger partial charge on any atom is -0.480 e. The molecule has 116 valence electrons. The molecule has 1 aromatic rings. The maximum Gasteiger partial charge on any atom is 0.437 e. The van der Waals surface area contributed by atoms with Crippen LogP contribution in [-0.2, 0) is 17.1 Å². The van der Waals surface area contributed by atoms with E-state index in [4.69, 9.17) is 5.11 Å². The second kappa shape index (κ2) is 5.49. The molecule has 7 nitrogen and oxygen atoms in total. The molecule has 0 aliphatic heterocycles. The van der Waals surface area contributed by atoms with Crippen LogP contribution in [0.1, 0.15) is 22.0 Å². The SMILES string of the molecule is O=C(O)CNC(=O)c1nnc(C(F)(F)F)c(C(F)(F)F)n1. The zero-order chi connectivity index (χ0) is 16.4. The number of hydrogen-bond acceptors (Lipinski definition) is 5. The standard InChI is InChI=1S/C8H4F6N4O3/c9-7(10,11)3-4(8(12,13)14)17-18-5(16-3)6(21)15-1-2(19)20/h1H2,(H,15,21)(H,19,20). The lowest BCUT2D eigenvalue weighted by Gasteiger charge is -2.13. The van der Waals surface area contributed by atoms with Crippen molar-refractivity contribution in [1.29, 1.82) is 0 Å². The van der Waals surface area contributed by atoms with E-state index >= 15 is 0 Å². The van der Waals surface area contributed by atoms with Crippen LogP contribution in [0, 0.1) is 0 Å². The van der Waals surface area contributed by atoms with Crippen LogP contribution in [-0.4, -0.2) is 38.7 Å². The first-order valence-corrected chi connectivity index (χ1v) is 4.82. The predicted octanol–water partition coefficient (Wildman–Crippen LogP) is 0.724. The Morgan fingerprint density at radius 1 is 1.00 bits per heavy atom. The van der Waals surface area contributed by atoms with Gasteiger partial charge in [-0.25, -0.2) is 4.98 Å². The first-order valence-electron chi connectivity index (χ1n) is 4.82. The molecule has 0 fully saturated rings. The highest BCUT2D eigenvalue weighted by Gasteiger charge is 2.47. The van der Waals surface area contributed by atoms with Gasteiger partial charge in [-0.3, -0.25) is 9.59 Å². The monoisotopic (exact) mass is 318 g/mol. The van der Waals surface area contributed by atoms with E-state index in [1.54, 1.807) is 5.32 Å². The quantitative estimate of drug-likeness (QED) is 0.796. The summed E-state index contributed by atoms with van der Waals surface area (Å²) in [6.45, 7) is -0.982. The van der Waals surface area contributed by atoms with Crippen LogP contribution >= 0.6 is 0 Å². The van der Waals surface area contributed by atoms with Gasteiger partial charge in [0.2, 0.25) is 5.82 Å². The van der Waals surface area contributed by atoms with Gasteiger partial charge in [-0.2, -0.15) is 26.3 Å². The summed E-state index contributed by atoms with van der Waals surface area (Å²) in [6.07, 6.45) is -11.0. The van der Waals surface area contributed by atoms with Gasteiger partial charge >= 0.3 is 18.3 Å². The van der Waals surface area contributed by atoms with Crippen LogP contribution in [0.2, 0.25) is 0 Å². The minimum atomic E-state index is -5.53. The maximum atomic E-state index is 12.5. The number of carbonyl (C=O) groups excluding carboxylic acids is 1. The lowest BCUT2D eigenvalue weighted by atomic mass is 10.3. The summed E-state index contributed by atoms with van der Waals surface area (Å²) in [5.74, 6) is -4.38. The van der Waals surface area contributed by atoms with Crippen LogP contribution in [0.25, 0.3) is 0 Å². The number of aromatic nitrogens is 3. The molecule has 0 aromatic carbocycles. The number of aliphatic carboxylic acids is 1. The molecular formula is C8H4F6N4O3. The Morgan fingerprint density at radius 2 is 1.52 bits per heavy atom. The van der Waals surface area contributed by atoms with E-state index in [-0.39, 0.29) is 0 Å². The molecule has 21 heavy (non-hydrogen) atoms. The molecule has 0 saturated carbocycles. The molecule has 0 aliphatic carbocycles. The molecule has 1 rings (SSSR count). The molecule has 0 radical (unpaired) electrons. The molecule has 0 atom stereocenters. The van der Waals surface area contributed by atoms with Gasteiger partial charge in [-0.05, 0) is 0 Å². The zero-order valence-electron chi connectivity index (χ0n) is 9.58. The third kappa shape index (κ3) is 4.25. The van der Waals surface area contributed by atoms with Crippen molar-refractivity contribution in [2.75, 3.05) is 6.54 Å². The van der Waals surface area contributed by atoms with E-state index in [0.717, 1.165) is 0 Å². The van der Waals surface area contributed by atoms with E-state index in [1.807, 2.05) is 0 Å². The van der Waals surface area contributed by atoms with Crippen molar-refractivity contribution in [3.63, 3.8) is 0 Å². The van der Waals surface area contributed by atoms with Crippen molar-refractivity contribution in [1.82, 2.24) is 20.5 Å². The number of hydrogen-bond donors (Lipinski definition) is 2. The number of carboxylic acids is 1. The normalized spacial score (nSPS) is 12.1. The maximum absolute atomic E-state index is 12.5. The van der Waals surface area contributed by atoms with Gasteiger partial charge in [-0.1, -0.05) is 0 Å². The highest BCUT2D eigenvalue weighted by Crippen LogP contribution is 2.37. The van der Waals surface area contributed by atoms with Gasteiger partial charge in [0.1, 0.15) is 6.54 Å². The molecule has 1 aromatic heterocycles. The molecule has 0 saturated heterocycles. The van der Waals surface area contributed by atoms with E-state index in [9.17, 15) is 35.9 Å². The van der Waals surface area contributed by atoms with E-state index in [2.05, 4.69) is 15.2 Å². The van der Waals surface area contributed by atoms with E-state index in [0.29, 0.717) is 0 Å². The molecular weight excluding hydrogens is 314 g/mol. The fourth-order valence-electron chi connectivity index (χ4n) is 1.05. The van der Waals surface area contributed by atoms with Crippen LogP contribution in [0.15, 0.2) is 0 Å². The number of nitrogens with one attached hydrogen (secondary N) is 1. The van der Waals surface area contributed by atoms with Crippen molar-refractivity contribution in [2.45, 2.75) is 12.4 Å². The van der Waals surface area contributed by atoms with Crippen LogP contribution in [0.3, 0.4) is 0 Å². The van der Waals surface area contributed by atoms with Gasteiger partial charge in [0.15, 0.2) is 11.4 Å². The number of nitrogens with zero attached hydrogens (tertiary/aromatic N) is 3. The number of halogens is 6. The number of alkyl halides is 6. The van der Waals surface area contributed by atoms with Gasteiger partial charge in [0.05, 0.1) is 0 Å². The Bertz CT molecular complexity index is 570. The second-order valence-corrected chi connectivity index (χ2v) is 3.40. The summed E-state index contributed by atoms with van der Waals surface area (Å²) in [7, 11) is 0. The van der Waals surface area contributed by atoms with Crippen molar-refractivity contribution in [2.24, 2.45) is 0 Å². The van der Waals surface area contributed by atoms with Gasteiger partial charge < -0.3 is 10.4 Å². The summed E-state index contributed by atoms with van der Waals surface area (Å²) in [5, 5.41) is 14.7. The third-order valence-corrected chi connectivity index (χ3v) is 1.83. The van der Waals surface area contributed by atoms with Crippen molar-refractivity contribution in [3.05, 3.63) is 17.2 Å². The van der Waals surface area contributed by atoms with E-state index < -0.39 is 48.0 Å². The third-order valence-electron chi connectivity index (χ3n) is 1.83. The number of amides is 1. The molecule has 1 amide bonds. The zero-order valence-corrected chi connectivity index (χ0v) is 9.58. The number of carboxylic acid groups (broad SMARTS) is 1. The molecule has 13 heteroatoms. The lowest BCUT2D eigenvalue weighted by Crippen LogP contribution is -2.32. The highest BCUT2D eigenvalue weighted by atomic mass is 19.4. The van der Waals surface area contributed by atoms with Crippen LogP contribution in [0.4, 0.5) is 26.3 Å². The van der Waals surface area contributed by atoms with E-state index in [1.165, 1.54) is 0 Å². The van der Waals surface area contributed by atoms with Gasteiger partial charge in [-0.15, -0.1) is 10.2 Å². The second-order valence-electron chi connectivity index (χ2n) is 3.40. The Morgan fingerprint density at radius 3 is 1.95 bits per heavy atom. The first-order chi connectivity index (χ1) is 9.43. The number of rotatable bonds is 3. The average molecular weight is 318 g/mol. The molecule has 1 heterocycles. The Hall–Kier alpha value is -2.47. The summed E-state index contributed by atoms with van der Waals surface area (Å²) in [6, 6.07) is 0. The van der Waals surface area contributed by atoms with Crippen LogP contribution < -0.4 is 5.32 Å². The minimum absolute atomic E-state index is 0.982. The summed E-state index contributed by atoms with van der Waals surface area (Å²) in [4.78, 5) is 23.8. The molecule has 0 unspecified atom stereocenters. The Kier molecular flexibility index (Phi) is 4.34. The van der Waals surface area contributed by atoms with Crippen LogP contribution in [0.5, 0.6) is 0 Å². The molecule has 2 N–H and O–H groups in total. The fraction of sp³-hybridized carbons (Fsp3) is 0.375. The molecule has 0 aliphatic rings. The largest absolute Gasteiger partial charge is 0.480 e. The smallest absolute Gasteiger partial charge is 0.437 e. The molecule has 0 spiro atoms. The Balaban J connectivity index is 3.23.